The van der Waals surface area contributed by atoms with Gasteiger partial charge in [0.15, 0.2) is 5.65 Å². The highest BCUT2D eigenvalue weighted by Crippen LogP contribution is 2.31. The Balaban J connectivity index is 1.53. The van der Waals surface area contributed by atoms with E-state index in [1.807, 2.05) is 18.2 Å². The summed E-state index contributed by atoms with van der Waals surface area (Å²) >= 11 is 0. The van der Waals surface area contributed by atoms with Gasteiger partial charge >= 0.3 is 0 Å². The highest BCUT2D eigenvalue weighted by molar-refractivity contribution is 5.71. The smallest absolute Gasteiger partial charge is 0.180 e. The number of nitrogens with zero attached hydrogens (tertiary/aromatic N) is 5. The van der Waals surface area contributed by atoms with Gasteiger partial charge in [-0.2, -0.15) is 0 Å². The predicted molar refractivity (Wildman–Crippen MR) is 106 cm³/mol. The monoisotopic (exact) mass is 365 g/mol. The summed E-state index contributed by atoms with van der Waals surface area (Å²) in [6.45, 7) is 1.88. The summed E-state index contributed by atoms with van der Waals surface area (Å²) in [5.74, 6) is 2.52. The maximum Gasteiger partial charge on any atom is 0.180 e. The molecule has 1 atom stereocenters. The number of ether oxygens (including phenoxy) is 2. The number of benzene rings is 1. The van der Waals surface area contributed by atoms with Gasteiger partial charge in [0.2, 0.25) is 0 Å². The zero-order valence-electron chi connectivity index (χ0n) is 15.8. The molecule has 2 aromatic heterocycles. The average Bonchev–Trinajstić information content (AvgIpc) is 3.22. The molecule has 4 rings (SSSR count). The van der Waals surface area contributed by atoms with Crippen molar-refractivity contribution < 1.29 is 9.47 Å². The first-order valence-corrected chi connectivity index (χ1v) is 8.96. The van der Waals surface area contributed by atoms with E-state index in [1.165, 1.54) is 0 Å². The van der Waals surface area contributed by atoms with Crippen LogP contribution in [0.5, 0.6) is 11.5 Å². The fourth-order valence-corrected chi connectivity index (χ4v) is 3.50. The largest absolute Gasteiger partial charge is 0.497 e. The first-order valence-electron chi connectivity index (χ1n) is 8.96. The molecule has 1 unspecified atom stereocenters. The lowest BCUT2D eigenvalue weighted by Crippen LogP contribution is -2.35. The molecule has 3 heterocycles. The Kier molecular flexibility index (Phi) is 4.66. The second kappa shape index (κ2) is 7.26. The van der Waals surface area contributed by atoms with Crippen LogP contribution in [0.1, 0.15) is 6.42 Å². The van der Waals surface area contributed by atoms with Crippen molar-refractivity contribution in [2.24, 2.45) is 0 Å². The first-order chi connectivity index (χ1) is 13.2. The highest BCUT2D eigenvalue weighted by Gasteiger charge is 2.27. The number of hydrogen-bond donors (Lipinski definition) is 0. The minimum absolute atomic E-state index is 0.365. The number of fused-ring (bicyclic) bond motifs is 1. The van der Waals surface area contributed by atoms with Gasteiger partial charge < -0.3 is 19.3 Å². The zero-order valence-corrected chi connectivity index (χ0v) is 15.8. The van der Waals surface area contributed by atoms with Crippen LogP contribution in [-0.4, -0.2) is 55.4 Å². The number of aromatic nitrogens is 3. The summed E-state index contributed by atoms with van der Waals surface area (Å²) in [6.07, 6.45) is 4.41. The van der Waals surface area contributed by atoms with Crippen LogP contribution < -0.4 is 19.3 Å². The van der Waals surface area contributed by atoms with Crippen molar-refractivity contribution in [2.45, 2.75) is 12.5 Å². The molecule has 0 amide bonds. The van der Waals surface area contributed by atoms with Crippen molar-refractivity contribution in [3.63, 3.8) is 0 Å². The van der Waals surface area contributed by atoms with Crippen LogP contribution in [0, 0.1) is 0 Å². The Labute approximate surface area is 158 Å². The van der Waals surface area contributed by atoms with Gasteiger partial charge in [-0.25, -0.2) is 9.97 Å². The highest BCUT2D eigenvalue weighted by atomic mass is 16.5. The Morgan fingerprint density at radius 2 is 1.78 bits per heavy atom. The second-order valence-corrected chi connectivity index (χ2v) is 6.64. The molecule has 0 bridgehead atoms. The predicted octanol–water partition coefficient (Wildman–Crippen LogP) is 2.76. The Bertz CT molecular complexity index is 926. The van der Waals surface area contributed by atoms with E-state index in [9.17, 15) is 0 Å². The standard InChI is InChI=1S/C20H23N5O2/c1-24(19-5-4-18-20(23-19)22-8-7-21-18)14-6-9-25(13-14)15-10-16(26-2)12-17(11-15)27-3/h4-5,7-8,10-12,14H,6,9,13H2,1-3H3. The molecule has 0 saturated carbocycles. The van der Waals surface area contributed by atoms with E-state index in [0.29, 0.717) is 11.7 Å². The van der Waals surface area contributed by atoms with Gasteiger partial charge in [0.25, 0.3) is 0 Å². The van der Waals surface area contributed by atoms with Crippen LogP contribution in [0.3, 0.4) is 0 Å². The Morgan fingerprint density at radius 1 is 1.04 bits per heavy atom. The van der Waals surface area contributed by atoms with Gasteiger partial charge in [-0.05, 0) is 18.6 Å². The normalized spacial score (nSPS) is 16.6. The average molecular weight is 365 g/mol. The molecule has 0 N–H and O–H groups in total. The number of pyridine rings is 1. The Morgan fingerprint density at radius 3 is 2.52 bits per heavy atom. The SMILES string of the molecule is COc1cc(OC)cc(N2CCC(N(C)c3ccc4nccnc4n3)C2)c1. The summed E-state index contributed by atoms with van der Waals surface area (Å²) in [5, 5.41) is 0. The summed E-state index contributed by atoms with van der Waals surface area (Å²) in [7, 11) is 5.44. The topological polar surface area (TPSA) is 63.6 Å². The minimum Gasteiger partial charge on any atom is -0.497 e. The number of hydrogen-bond acceptors (Lipinski definition) is 7. The van der Waals surface area contributed by atoms with Crippen LogP contribution in [0.2, 0.25) is 0 Å². The number of rotatable bonds is 5. The molecule has 0 spiro atoms. The number of likely N-dealkylation sites (N-methyl/N-ethyl adjacent to an activating group) is 1. The lowest BCUT2D eigenvalue weighted by Gasteiger charge is -2.26. The van der Waals surface area contributed by atoms with Gasteiger partial charge in [-0.15, -0.1) is 0 Å². The zero-order chi connectivity index (χ0) is 18.8. The molecule has 0 radical (unpaired) electrons. The molecular weight excluding hydrogens is 342 g/mol. The molecule has 7 heteroatoms. The molecule has 140 valence electrons. The molecule has 0 aliphatic carbocycles. The third-order valence-corrected chi connectivity index (χ3v) is 5.09. The van der Waals surface area contributed by atoms with Crippen LogP contribution >= 0.6 is 0 Å². The van der Waals surface area contributed by atoms with Gasteiger partial charge in [-0.3, -0.25) is 4.98 Å². The molecule has 1 aliphatic rings. The van der Waals surface area contributed by atoms with Gasteiger partial charge in [0.1, 0.15) is 22.8 Å². The van der Waals surface area contributed by atoms with E-state index in [2.05, 4.69) is 43.9 Å². The lowest BCUT2D eigenvalue weighted by molar-refractivity contribution is 0.394. The van der Waals surface area contributed by atoms with E-state index < -0.39 is 0 Å². The minimum atomic E-state index is 0.365. The molecule has 1 aliphatic heterocycles. The first kappa shape index (κ1) is 17.3. The summed E-state index contributed by atoms with van der Waals surface area (Å²) in [6, 6.07) is 10.3. The van der Waals surface area contributed by atoms with E-state index in [-0.39, 0.29) is 0 Å². The molecule has 1 fully saturated rings. The third-order valence-electron chi connectivity index (χ3n) is 5.09. The molecule has 1 saturated heterocycles. The maximum atomic E-state index is 5.40. The molecule has 27 heavy (non-hydrogen) atoms. The van der Waals surface area contributed by atoms with Gasteiger partial charge in [0, 0.05) is 62.5 Å². The van der Waals surface area contributed by atoms with E-state index >= 15 is 0 Å². The molecule has 3 aromatic rings. The number of anilines is 2. The van der Waals surface area contributed by atoms with Crippen molar-refractivity contribution in [3.8, 4) is 11.5 Å². The van der Waals surface area contributed by atoms with Gasteiger partial charge in [-0.1, -0.05) is 0 Å². The Hall–Kier alpha value is -3.09. The van der Waals surface area contributed by atoms with Crippen molar-refractivity contribution in [2.75, 3.05) is 44.2 Å². The van der Waals surface area contributed by atoms with E-state index in [0.717, 1.165) is 48.0 Å². The summed E-state index contributed by atoms with van der Waals surface area (Å²) in [4.78, 5) is 17.8. The lowest BCUT2D eigenvalue weighted by atomic mass is 10.2. The van der Waals surface area contributed by atoms with Crippen LogP contribution in [0.4, 0.5) is 11.5 Å². The fourth-order valence-electron chi connectivity index (χ4n) is 3.50. The van der Waals surface area contributed by atoms with E-state index in [1.54, 1.807) is 26.6 Å². The second-order valence-electron chi connectivity index (χ2n) is 6.64. The van der Waals surface area contributed by atoms with Crippen molar-refractivity contribution >= 4 is 22.7 Å². The van der Waals surface area contributed by atoms with E-state index in [4.69, 9.17) is 9.47 Å². The van der Waals surface area contributed by atoms with Gasteiger partial charge in [0.05, 0.1) is 14.2 Å². The van der Waals surface area contributed by atoms with Crippen LogP contribution in [0.25, 0.3) is 11.2 Å². The van der Waals surface area contributed by atoms with Crippen LogP contribution in [-0.2, 0) is 0 Å². The quantitative estimate of drug-likeness (QED) is 0.689. The maximum absolute atomic E-state index is 5.40. The molecule has 1 aromatic carbocycles. The van der Waals surface area contributed by atoms with Crippen molar-refractivity contribution in [1.29, 1.82) is 0 Å². The fraction of sp³-hybridized carbons (Fsp3) is 0.350. The molecular formula is C20H23N5O2. The van der Waals surface area contributed by atoms with Crippen molar-refractivity contribution in [1.82, 2.24) is 15.0 Å². The molecule has 7 nitrogen and oxygen atoms in total. The van der Waals surface area contributed by atoms with Crippen molar-refractivity contribution in [3.05, 3.63) is 42.7 Å². The third kappa shape index (κ3) is 3.45. The van der Waals surface area contributed by atoms with Crippen LogP contribution in [0.15, 0.2) is 42.7 Å². The summed E-state index contributed by atoms with van der Waals surface area (Å²) < 4.78 is 10.8. The summed E-state index contributed by atoms with van der Waals surface area (Å²) in [5.41, 5.74) is 2.60. The number of methoxy groups -OCH3 is 2.